The fourth-order valence-electron chi connectivity index (χ4n) is 4.08. The van der Waals surface area contributed by atoms with Gasteiger partial charge in [0, 0.05) is 6.54 Å². The van der Waals surface area contributed by atoms with Crippen molar-refractivity contribution in [2.45, 2.75) is 52.5 Å². The van der Waals surface area contributed by atoms with Gasteiger partial charge in [-0.2, -0.15) is 4.52 Å². The number of aromatic hydroxyl groups is 1. The Hall–Kier alpha value is -1.92. The average Bonchev–Trinajstić information content (AvgIpc) is 3.14. The Morgan fingerprint density at radius 3 is 2.52 bits per heavy atom. The van der Waals surface area contributed by atoms with Gasteiger partial charge < -0.3 is 5.11 Å². The molecule has 5 nitrogen and oxygen atoms in total. The molecule has 1 aromatic carbocycles. The molecule has 0 aliphatic carbocycles. The number of nitrogens with zero attached hydrogens (tertiary/aromatic N) is 4. The number of thiazole rings is 1. The van der Waals surface area contributed by atoms with E-state index in [0.717, 1.165) is 22.9 Å². The largest absolute Gasteiger partial charge is 0.492 e. The number of aromatic nitrogens is 3. The van der Waals surface area contributed by atoms with E-state index in [1.54, 1.807) is 15.9 Å². The molecule has 2 unspecified atom stereocenters. The third-order valence-corrected chi connectivity index (χ3v) is 6.60. The van der Waals surface area contributed by atoms with Gasteiger partial charge in [0.1, 0.15) is 5.82 Å². The predicted octanol–water partition coefficient (Wildman–Crippen LogP) is 4.75. The van der Waals surface area contributed by atoms with Gasteiger partial charge in [0.2, 0.25) is 10.8 Å². The van der Waals surface area contributed by atoms with E-state index in [4.69, 9.17) is 0 Å². The van der Waals surface area contributed by atoms with E-state index in [0.29, 0.717) is 17.7 Å². The lowest BCUT2D eigenvalue weighted by atomic mass is 9.94. The summed E-state index contributed by atoms with van der Waals surface area (Å²) in [6, 6.07) is 8.93. The standard InChI is InChI=1S/C21H28N4OS/c1-13(2)16-7-9-17(10-8-16)18(24-11-5-6-14(3)12-24)19-20(26)25-21(27-19)22-15(4)23-25/h7-10,13-14,18,26H,5-6,11-12H2,1-4H3. The molecule has 0 spiro atoms. The maximum atomic E-state index is 10.9. The van der Waals surface area contributed by atoms with E-state index in [1.807, 2.05) is 6.92 Å². The normalized spacial score (nSPS) is 19.8. The van der Waals surface area contributed by atoms with E-state index in [-0.39, 0.29) is 11.9 Å². The fourth-order valence-corrected chi connectivity index (χ4v) is 5.24. The number of hydrogen-bond acceptors (Lipinski definition) is 5. The maximum Gasteiger partial charge on any atom is 0.230 e. The summed E-state index contributed by atoms with van der Waals surface area (Å²) in [4.78, 5) is 8.67. The minimum Gasteiger partial charge on any atom is -0.492 e. The van der Waals surface area contributed by atoms with Gasteiger partial charge in [-0.1, -0.05) is 56.4 Å². The summed E-state index contributed by atoms with van der Waals surface area (Å²) in [6.07, 6.45) is 2.47. The molecule has 27 heavy (non-hydrogen) atoms. The lowest BCUT2D eigenvalue weighted by Gasteiger charge is -2.37. The van der Waals surface area contributed by atoms with Gasteiger partial charge in [-0.3, -0.25) is 4.90 Å². The molecule has 1 N–H and O–H groups in total. The topological polar surface area (TPSA) is 53.7 Å². The van der Waals surface area contributed by atoms with E-state index in [9.17, 15) is 5.11 Å². The van der Waals surface area contributed by atoms with Crippen LogP contribution in [-0.4, -0.2) is 37.7 Å². The average molecular weight is 385 g/mol. The zero-order valence-electron chi connectivity index (χ0n) is 16.5. The van der Waals surface area contributed by atoms with Crippen molar-refractivity contribution in [1.29, 1.82) is 0 Å². The highest BCUT2D eigenvalue weighted by Crippen LogP contribution is 2.41. The van der Waals surface area contributed by atoms with Gasteiger partial charge in [0.15, 0.2) is 0 Å². The Kier molecular flexibility index (Phi) is 4.95. The van der Waals surface area contributed by atoms with E-state index < -0.39 is 0 Å². The van der Waals surface area contributed by atoms with Crippen molar-refractivity contribution in [3.63, 3.8) is 0 Å². The van der Waals surface area contributed by atoms with Crippen LogP contribution in [0.25, 0.3) is 4.96 Å². The summed E-state index contributed by atoms with van der Waals surface area (Å²) in [5.41, 5.74) is 2.57. The molecule has 6 heteroatoms. The first kappa shape index (κ1) is 18.4. The fraction of sp³-hybridized carbons (Fsp3) is 0.524. The maximum absolute atomic E-state index is 10.9. The van der Waals surface area contributed by atoms with Crippen LogP contribution in [0.15, 0.2) is 24.3 Å². The molecule has 1 aliphatic rings. The molecule has 2 atom stereocenters. The van der Waals surface area contributed by atoms with Crippen LogP contribution in [0.4, 0.5) is 0 Å². The number of rotatable bonds is 4. The lowest BCUT2D eigenvalue weighted by molar-refractivity contribution is 0.149. The van der Waals surface area contributed by atoms with Crippen molar-refractivity contribution in [3.8, 4) is 5.88 Å². The molecule has 3 heterocycles. The number of fused-ring (bicyclic) bond motifs is 1. The Labute approximate surface area is 164 Å². The van der Waals surface area contributed by atoms with Crippen molar-refractivity contribution >= 4 is 16.3 Å². The molecule has 1 aliphatic heterocycles. The molecule has 0 saturated carbocycles. The van der Waals surface area contributed by atoms with Crippen LogP contribution in [-0.2, 0) is 0 Å². The minimum atomic E-state index is 0.0442. The van der Waals surface area contributed by atoms with Crippen molar-refractivity contribution < 1.29 is 5.11 Å². The number of piperidine rings is 1. The zero-order chi connectivity index (χ0) is 19.1. The van der Waals surface area contributed by atoms with Gasteiger partial charge >= 0.3 is 0 Å². The SMILES string of the molecule is Cc1nc2sc(C(c3ccc(C(C)C)cc3)N3CCCC(C)C3)c(O)n2n1. The molecule has 2 aromatic heterocycles. The minimum absolute atomic E-state index is 0.0442. The van der Waals surface area contributed by atoms with Crippen LogP contribution in [0.5, 0.6) is 5.88 Å². The van der Waals surface area contributed by atoms with Crippen LogP contribution >= 0.6 is 11.3 Å². The highest BCUT2D eigenvalue weighted by atomic mass is 32.1. The van der Waals surface area contributed by atoms with Gasteiger partial charge in [-0.25, -0.2) is 4.98 Å². The zero-order valence-corrected chi connectivity index (χ0v) is 17.3. The second kappa shape index (κ2) is 7.24. The monoisotopic (exact) mass is 384 g/mol. The summed E-state index contributed by atoms with van der Waals surface area (Å²) < 4.78 is 1.58. The first-order valence-electron chi connectivity index (χ1n) is 9.83. The van der Waals surface area contributed by atoms with Crippen molar-refractivity contribution in [2.75, 3.05) is 13.1 Å². The third-order valence-electron chi connectivity index (χ3n) is 5.53. The van der Waals surface area contributed by atoms with Gasteiger partial charge in [-0.15, -0.1) is 5.10 Å². The first-order chi connectivity index (χ1) is 12.9. The summed E-state index contributed by atoms with van der Waals surface area (Å²) in [7, 11) is 0. The van der Waals surface area contributed by atoms with E-state index in [1.165, 1.54) is 24.0 Å². The summed E-state index contributed by atoms with van der Waals surface area (Å²) in [6.45, 7) is 10.7. The molecule has 4 rings (SSSR count). The Bertz CT molecular complexity index is 928. The Morgan fingerprint density at radius 1 is 1.19 bits per heavy atom. The molecular weight excluding hydrogens is 356 g/mol. The van der Waals surface area contributed by atoms with Crippen molar-refractivity contribution in [1.82, 2.24) is 19.5 Å². The smallest absolute Gasteiger partial charge is 0.230 e. The second-order valence-corrected chi connectivity index (χ2v) is 9.12. The lowest BCUT2D eigenvalue weighted by Crippen LogP contribution is -2.37. The quantitative estimate of drug-likeness (QED) is 0.705. The molecule has 144 valence electrons. The number of benzene rings is 1. The number of aryl methyl sites for hydroxylation is 1. The first-order valence-corrected chi connectivity index (χ1v) is 10.6. The predicted molar refractivity (Wildman–Crippen MR) is 110 cm³/mol. The van der Waals surface area contributed by atoms with Gasteiger partial charge in [0.25, 0.3) is 0 Å². The van der Waals surface area contributed by atoms with E-state index >= 15 is 0 Å². The van der Waals surface area contributed by atoms with Crippen molar-refractivity contribution in [2.24, 2.45) is 5.92 Å². The number of likely N-dealkylation sites (tertiary alicyclic amines) is 1. The van der Waals surface area contributed by atoms with Crippen LogP contribution in [0.2, 0.25) is 0 Å². The van der Waals surface area contributed by atoms with Crippen molar-refractivity contribution in [3.05, 3.63) is 46.1 Å². The van der Waals surface area contributed by atoms with Gasteiger partial charge in [0.05, 0.1) is 10.9 Å². The Morgan fingerprint density at radius 2 is 1.89 bits per heavy atom. The molecule has 0 amide bonds. The van der Waals surface area contributed by atoms with Crippen LogP contribution < -0.4 is 0 Å². The number of hydrogen-bond donors (Lipinski definition) is 1. The Balaban J connectivity index is 1.79. The van der Waals surface area contributed by atoms with Crippen LogP contribution in [0, 0.1) is 12.8 Å². The van der Waals surface area contributed by atoms with Gasteiger partial charge in [-0.05, 0) is 49.3 Å². The second-order valence-electron chi connectivity index (χ2n) is 8.11. The van der Waals surface area contributed by atoms with E-state index in [2.05, 4.69) is 60.0 Å². The molecule has 1 saturated heterocycles. The molecule has 3 aromatic rings. The highest BCUT2D eigenvalue weighted by Gasteiger charge is 2.31. The highest BCUT2D eigenvalue weighted by molar-refractivity contribution is 7.17. The summed E-state index contributed by atoms with van der Waals surface area (Å²) in [5.74, 6) is 2.10. The summed E-state index contributed by atoms with van der Waals surface area (Å²) >= 11 is 1.55. The molecule has 0 radical (unpaired) electrons. The molecule has 1 fully saturated rings. The molecule has 0 bridgehead atoms. The third kappa shape index (κ3) is 3.48. The summed E-state index contributed by atoms with van der Waals surface area (Å²) in [5, 5.41) is 15.3. The molecular formula is C21H28N4OS. The van der Waals surface area contributed by atoms with Crippen LogP contribution in [0.1, 0.15) is 67.4 Å². The van der Waals surface area contributed by atoms with Crippen LogP contribution in [0.3, 0.4) is 0 Å².